The zero-order valence-electron chi connectivity index (χ0n) is 13.0. The van der Waals surface area contributed by atoms with Gasteiger partial charge in [0.1, 0.15) is 12.7 Å². The first kappa shape index (κ1) is 18.2. The fraction of sp³-hybridized carbons (Fsp3) is 0.278. The van der Waals surface area contributed by atoms with E-state index in [2.05, 4.69) is 18.5 Å². The molecule has 0 radical (unpaired) electrons. The minimum atomic E-state index is -0.288. The molecule has 0 aliphatic carbocycles. The molecular weight excluding hydrogens is 298 g/mol. The van der Waals surface area contributed by atoms with Crippen molar-refractivity contribution in [3.8, 4) is 0 Å². The van der Waals surface area contributed by atoms with Gasteiger partial charge in [-0.05, 0) is 23.3 Å². The Morgan fingerprint density at radius 3 is 2.50 bits per heavy atom. The topological polar surface area (TPSA) is 38.3 Å². The minimum absolute atomic E-state index is 0.0388. The number of carbonyl (C=O) groups excluding carboxylic acids is 1. The summed E-state index contributed by atoms with van der Waals surface area (Å²) in [4.78, 5) is 11.6. The molecule has 0 aromatic heterocycles. The van der Waals surface area contributed by atoms with Crippen LogP contribution in [0.5, 0.6) is 0 Å². The monoisotopic (exact) mass is 319 g/mol. The molecule has 3 nitrogen and oxygen atoms in total. The fourth-order valence-electron chi connectivity index (χ4n) is 2.18. The number of allylic oxidation sites excluding steroid dienone is 2. The molecular formula is C18H22ClNO2. The Morgan fingerprint density at radius 2 is 1.95 bits per heavy atom. The van der Waals surface area contributed by atoms with Gasteiger partial charge in [0.15, 0.2) is 0 Å². The van der Waals surface area contributed by atoms with Gasteiger partial charge in [0.2, 0.25) is 5.91 Å². The van der Waals surface area contributed by atoms with Gasteiger partial charge in [0, 0.05) is 5.02 Å². The van der Waals surface area contributed by atoms with Crippen molar-refractivity contribution >= 4 is 17.5 Å². The van der Waals surface area contributed by atoms with E-state index in [1.807, 2.05) is 32.1 Å². The number of nitrogens with one attached hydrogen (secondary N) is 1. The van der Waals surface area contributed by atoms with Crippen LogP contribution in [0.25, 0.3) is 0 Å². The maximum Gasteiger partial charge on any atom is 0.246 e. The largest absolute Gasteiger partial charge is 0.361 e. The Balaban J connectivity index is 0.00000116. The lowest BCUT2D eigenvalue weighted by molar-refractivity contribution is -0.135. The quantitative estimate of drug-likeness (QED) is 0.844. The maximum absolute atomic E-state index is 11.6. The van der Waals surface area contributed by atoms with Crippen LogP contribution >= 0.6 is 11.6 Å². The number of morpholine rings is 1. The van der Waals surface area contributed by atoms with E-state index < -0.39 is 0 Å². The normalized spacial score (nSPS) is 21.2. The van der Waals surface area contributed by atoms with E-state index in [1.54, 1.807) is 24.3 Å². The second-order valence-electron chi connectivity index (χ2n) is 4.43. The van der Waals surface area contributed by atoms with Gasteiger partial charge >= 0.3 is 0 Å². The van der Waals surface area contributed by atoms with E-state index in [-0.39, 0.29) is 24.7 Å². The third kappa shape index (κ3) is 4.58. The molecule has 1 aromatic carbocycles. The van der Waals surface area contributed by atoms with Gasteiger partial charge in [-0.1, -0.05) is 69.0 Å². The first-order valence-electron chi connectivity index (χ1n) is 7.27. The van der Waals surface area contributed by atoms with Crippen LogP contribution in [-0.2, 0) is 9.53 Å². The van der Waals surface area contributed by atoms with Gasteiger partial charge in [-0.25, -0.2) is 0 Å². The predicted octanol–water partition coefficient (Wildman–Crippen LogP) is 4.22. The van der Waals surface area contributed by atoms with Crippen molar-refractivity contribution in [1.82, 2.24) is 5.32 Å². The highest BCUT2D eigenvalue weighted by molar-refractivity contribution is 6.30. The molecule has 0 spiro atoms. The number of carbonyl (C=O) groups is 1. The fourth-order valence-corrected chi connectivity index (χ4v) is 2.31. The lowest BCUT2D eigenvalue weighted by atomic mass is 9.94. The number of amides is 1. The zero-order chi connectivity index (χ0) is 16.5. The maximum atomic E-state index is 11.6. The molecule has 1 saturated heterocycles. The van der Waals surface area contributed by atoms with Crippen LogP contribution in [-0.4, -0.2) is 18.6 Å². The number of halogens is 1. The third-order valence-electron chi connectivity index (χ3n) is 3.12. The van der Waals surface area contributed by atoms with Gasteiger partial charge in [0.25, 0.3) is 0 Å². The van der Waals surface area contributed by atoms with E-state index in [1.165, 1.54) is 0 Å². The summed E-state index contributed by atoms with van der Waals surface area (Å²) in [6.07, 6.45) is 4.94. The standard InChI is InChI=1S/C16H16ClNO2.C2H6/c1-3-5-11(4-2)16-15(18-14(19)10-20-16)12-6-8-13(17)9-7-12;1-2/h3-9,15-16H,1-2,10H2,(H,18,19);1-2H3/b11-5+;. The van der Waals surface area contributed by atoms with E-state index in [9.17, 15) is 4.79 Å². The van der Waals surface area contributed by atoms with Crippen molar-refractivity contribution < 1.29 is 9.53 Å². The van der Waals surface area contributed by atoms with E-state index in [0.717, 1.165) is 11.1 Å². The zero-order valence-corrected chi connectivity index (χ0v) is 13.8. The number of hydrogen-bond donors (Lipinski definition) is 1. The van der Waals surface area contributed by atoms with Gasteiger partial charge in [-0.15, -0.1) is 0 Å². The number of hydrogen-bond acceptors (Lipinski definition) is 2. The van der Waals surface area contributed by atoms with Crippen molar-refractivity contribution in [2.75, 3.05) is 6.61 Å². The molecule has 1 aromatic rings. The molecule has 1 N–H and O–H groups in total. The van der Waals surface area contributed by atoms with Crippen LogP contribution in [0.15, 0.2) is 61.2 Å². The molecule has 1 amide bonds. The Kier molecular flexibility index (Phi) is 7.64. The average Bonchev–Trinajstić information content (AvgIpc) is 2.55. The van der Waals surface area contributed by atoms with Crippen LogP contribution < -0.4 is 5.32 Å². The molecule has 0 saturated carbocycles. The number of ether oxygens (including phenoxy) is 1. The molecule has 22 heavy (non-hydrogen) atoms. The molecule has 2 unspecified atom stereocenters. The summed E-state index contributed by atoms with van der Waals surface area (Å²) in [5, 5.41) is 3.60. The summed E-state index contributed by atoms with van der Waals surface area (Å²) in [5.41, 5.74) is 1.81. The molecule has 4 heteroatoms. The van der Waals surface area contributed by atoms with Crippen LogP contribution in [0.4, 0.5) is 0 Å². The van der Waals surface area contributed by atoms with Gasteiger partial charge in [-0.2, -0.15) is 0 Å². The SMILES string of the molecule is C=C/C=C(\C=C)C1OCC(=O)NC1c1ccc(Cl)cc1.CC. The lowest BCUT2D eigenvalue weighted by Gasteiger charge is -2.33. The molecule has 2 atom stereocenters. The van der Waals surface area contributed by atoms with E-state index >= 15 is 0 Å². The first-order chi connectivity index (χ1) is 10.7. The van der Waals surface area contributed by atoms with Crippen molar-refractivity contribution in [2.24, 2.45) is 0 Å². The highest BCUT2D eigenvalue weighted by Gasteiger charge is 2.32. The minimum Gasteiger partial charge on any atom is -0.361 e. The summed E-state index contributed by atoms with van der Waals surface area (Å²) in [5.74, 6) is -0.136. The Morgan fingerprint density at radius 1 is 1.32 bits per heavy atom. The predicted molar refractivity (Wildman–Crippen MR) is 91.9 cm³/mol. The molecule has 118 valence electrons. The van der Waals surface area contributed by atoms with Crippen molar-refractivity contribution in [1.29, 1.82) is 0 Å². The van der Waals surface area contributed by atoms with Crippen LogP contribution in [0.2, 0.25) is 5.02 Å². The van der Waals surface area contributed by atoms with Crippen molar-refractivity contribution in [3.63, 3.8) is 0 Å². The smallest absolute Gasteiger partial charge is 0.246 e. The van der Waals surface area contributed by atoms with Crippen molar-refractivity contribution in [2.45, 2.75) is 26.0 Å². The highest BCUT2D eigenvalue weighted by atomic mass is 35.5. The van der Waals surface area contributed by atoms with Crippen LogP contribution in [0.3, 0.4) is 0 Å². The van der Waals surface area contributed by atoms with Gasteiger partial charge < -0.3 is 10.1 Å². The summed E-state index contributed by atoms with van der Waals surface area (Å²) < 4.78 is 5.66. The van der Waals surface area contributed by atoms with E-state index in [0.29, 0.717) is 5.02 Å². The van der Waals surface area contributed by atoms with E-state index in [4.69, 9.17) is 16.3 Å². The summed E-state index contributed by atoms with van der Waals surface area (Å²) in [7, 11) is 0. The second kappa shape index (κ2) is 9.23. The molecule has 2 rings (SSSR count). The summed E-state index contributed by atoms with van der Waals surface area (Å²) >= 11 is 5.90. The number of rotatable bonds is 4. The van der Waals surface area contributed by atoms with Crippen LogP contribution in [0.1, 0.15) is 25.5 Å². The molecule has 0 bridgehead atoms. The van der Waals surface area contributed by atoms with Gasteiger partial charge in [-0.3, -0.25) is 4.79 Å². The molecule has 1 aliphatic rings. The lowest BCUT2D eigenvalue weighted by Crippen LogP contribution is -2.46. The number of benzene rings is 1. The molecule has 1 aliphatic heterocycles. The van der Waals surface area contributed by atoms with Crippen LogP contribution in [0, 0.1) is 0 Å². The Bertz CT molecular complexity index is 549. The Hall–Kier alpha value is -1.84. The van der Waals surface area contributed by atoms with Crippen molar-refractivity contribution in [3.05, 3.63) is 71.8 Å². The second-order valence-corrected chi connectivity index (χ2v) is 4.87. The Labute approximate surface area is 137 Å². The highest BCUT2D eigenvalue weighted by Crippen LogP contribution is 2.28. The summed E-state index contributed by atoms with van der Waals surface area (Å²) in [6, 6.07) is 7.07. The summed E-state index contributed by atoms with van der Waals surface area (Å²) in [6.45, 7) is 11.5. The first-order valence-corrected chi connectivity index (χ1v) is 7.65. The average molecular weight is 320 g/mol. The molecule has 1 fully saturated rings. The third-order valence-corrected chi connectivity index (χ3v) is 3.37. The van der Waals surface area contributed by atoms with Gasteiger partial charge in [0.05, 0.1) is 6.04 Å². The molecule has 1 heterocycles.